The molecule has 3 aromatic carbocycles. The molecule has 0 aromatic heterocycles. The summed E-state index contributed by atoms with van der Waals surface area (Å²) in [6, 6.07) is 25.1. The van der Waals surface area contributed by atoms with Crippen molar-refractivity contribution in [1.82, 2.24) is 5.32 Å². The highest BCUT2D eigenvalue weighted by molar-refractivity contribution is 5.88. The fourth-order valence-electron chi connectivity index (χ4n) is 2.83. The Hall–Kier alpha value is -2.36. The average Bonchev–Trinajstić information content (AvgIpc) is 2.68. The van der Waals surface area contributed by atoms with Crippen LogP contribution in [0.15, 0.2) is 72.8 Å². The van der Waals surface area contributed by atoms with Gasteiger partial charge in [-0.3, -0.25) is 0 Å². The topological polar surface area (TPSA) is 30.5 Å². The summed E-state index contributed by atoms with van der Waals surface area (Å²) in [6.07, 6.45) is -0.0171. The summed E-state index contributed by atoms with van der Waals surface area (Å²) in [5.41, 5.74) is 1.17. The van der Waals surface area contributed by atoms with Crippen molar-refractivity contribution in [1.29, 1.82) is 0 Å². The predicted octanol–water partition coefficient (Wildman–Crippen LogP) is 4.80. The second-order valence-electron chi connectivity index (χ2n) is 6.77. The molecule has 3 rings (SSSR count). The summed E-state index contributed by atoms with van der Waals surface area (Å²) >= 11 is 0. The molecule has 3 nitrogen and oxygen atoms in total. The third-order valence-electron chi connectivity index (χ3n) is 4.26. The van der Waals surface area contributed by atoms with Crippen molar-refractivity contribution in [2.75, 3.05) is 13.2 Å². The lowest BCUT2D eigenvalue weighted by atomic mass is 10.1. The van der Waals surface area contributed by atoms with E-state index in [-0.39, 0.29) is 6.10 Å². The van der Waals surface area contributed by atoms with Crippen LogP contribution in [0.5, 0.6) is 5.75 Å². The van der Waals surface area contributed by atoms with Gasteiger partial charge in [0.15, 0.2) is 0 Å². The van der Waals surface area contributed by atoms with Crippen LogP contribution in [0.4, 0.5) is 0 Å². The van der Waals surface area contributed by atoms with Crippen molar-refractivity contribution in [2.24, 2.45) is 0 Å². The molecule has 1 N–H and O–H groups in total. The maximum absolute atomic E-state index is 6.14. The van der Waals surface area contributed by atoms with Crippen LogP contribution in [0.1, 0.15) is 19.4 Å². The van der Waals surface area contributed by atoms with Gasteiger partial charge < -0.3 is 14.8 Å². The van der Waals surface area contributed by atoms with Crippen molar-refractivity contribution in [3.05, 3.63) is 78.4 Å². The van der Waals surface area contributed by atoms with E-state index in [1.807, 2.05) is 42.5 Å². The van der Waals surface area contributed by atoms with Gasteiger partial charge in [0, 0.05) is 18.0 Å². The number of nitrogens with one attached hydrogen (secondary N) is 1. The van der Waals surface area contributed by atoms with E-state index in [9.17, 15) is 0 Å². The molecular weight excluding hydrogens is 322 g/mol. The smallest absolute Gasteiger partial charge is 0.127 e. The van der Waals surface area contributed by atoms with Gasteiger partial charge in [-0.25, -0.2) is 0 Å². The first-order valence-corrected chi connectivity index (χ1v) is 9.22. The minimum Gasteiger partial charge on any atom is -0.490 e. The van der Waals surface area contributed by atoms with Gasteiger partial charge >= 0.3 is 0 Å². The monoisotopic (exact) mass is 349 g/mol. The SMILES string of the molecule is CC(C)NCC(COc1cccc2ccccc12)OCc1ccccc1. The van der Waals surface area contributed by atoms with Crippen molar-refractivity contribution in [3.63, 3.8) is 0 Å². The highest BCUT2D eigenvalue weighted by atomic mass is 16.5. The Morgan fingerprint density at radius 3 is 2.38 bits per heavy atom. The third kappa shape index (κ3) is 5.32. The van der Waals surface area contributed by atoms with Crippen LogP contribution in [0.25, 0.3) is 10.8 Å². The van der Waals surface area contributed by atoms with E-state index in [2.05, 4.69) is 49.5 Å². The van der Waals surface area contributed by atoms with E-state index in [1.54, 1.807) is 0 Å². The summed E-state index contributed by atoms with van der Waals surface area (Å²) < 4.78 is 12.3. The van der Waals surface area contributed by atoms with Gasteiger partial charge in [-0.05, 0) is 17.0 Å². The molecule has 0 radical (unpaired) electrons. The minimum absolute atomic E-state index is 0.0171. The number of hydrogen-bond donors (Lipinski definition) is 1. The number of rotatable bonds is 9. The molecule has 26 heavy (non-hydrogen) atoms. The van der Waals surface area contributed by atoms with Gasteiger partial charge in [-0.15, -0.1) is 0 Å². The van der Waals surface area contributed by atoms with Crippen LogP contribution < -0.4 is 10.1 Å². The van der Waals surface area contributed by atoms with Gasteiger partial charge in [0.2, 0.25) is 0 Å². The zero-order valence-corrected chi connectivity index (χ0v) is 15.5. The summed E-state index contributed by atoms with van der Waals surface area (Å²) in [6.45, 7) is 6.14. The first-order chi connectivity index (χ1) is 12.7. The van der Waals surface area contributed by atoms with E-state index in [0.717, 1.165) is 17.7 Å². The van der Waals surface area contributed by atoms with Gasteiger partial charge in [0.25, 0.3) is 0 Å². The molecule has 0 aliphatic carbocycles. The average molecular weight is 349 g/mol. The van der Waals surface area contributed by atoms with E-state index >= 15 is 0 Å². The lowest BCUT2D eigenvalue weighted by Crippen LogP contribution is -2.37. The highest BCUT2D eigenvalue weighted by Gasteiger charge is 2.12. The molecule has 1 atom stereocenters. The predicted molar refractivity (Wildman–Crippen MR) is 108 cm³/mol. The Morgan fingerprint density at radius 2 is 1.58 bits per heavy atom. The molecule has 0 aliphatic heterocycles. The quantitative estimate of drug-likeness (QED) is 0.602. The zero-order valence-electron chi connectivity index (χ0n) is 15.5. The van der Waals surface area contributed by atoms with E-state index in [1.165, 1.54) is 10.9 Å². The Balaban J connectivity index is 1.64. The largest absolute Gasteiger partial charge is 0.490 e. The first kappa shape index (κ1) is 18.4. The molecule has 0 fully saturated rings. The van der Waals surface area contributed by atoms with E-state index in [4.69, 9.17) is 9.47 Å². The maximum atomic E-state index is 6.14. The summed E-state index contributed by atoms with van der Waals surface area (Å²) in [5.74, 6) is 0.904. The first-order valence-electron chi connectivity index (χ1n) is 9.22. The maximum Gasteiger partial charge on any atom is 0.127 e. The molecular formula is C23H27NO2. The lowest BCUT2D eigenvalue weighted by Gasteiger charge is -2.21. The fraction of sp³-hybridized carbons (Fsp3) is 0.304. The molecule has 3 aromatic rings. The molecule has 1 unspecified atom stereocenters. The number of fused-ring (bicyclic) bond motifs is 1. The summed E-state index contributed by atoms with van der Waals surface area (Å²) in [7, 11) is 0. The second kappa shape index (κ2) is 9.37. The molecule has 0 heterocycles. The number of hydrogen-bond acceptors (Lipinski definition) is 3. The van der Waals surface area contributed by atoms with Crippen LogP contribution in [-0.2, 0) is 11.3 Å². The Labute approximate surface area is 156 Å². The van der Waals surface area contributed by atoms with E-state index < -0.39 is 0 Å². The van der Waals surface area contributed by atoms with Crippen LogP contribution in [0.2, 0.25) is 0 Å². The van der Waals surface area contributed by atoms with Crippen molar-refractivity contribution >= 4 is 10.8 Å². The van der Waals surface area contributed by atoms with Gasteiger partial charge in [0.1, 0.15) is 18.5 Å². The normalized spacial score (nSPS) is 12.4. The molecule has 0 amide bonds. The molecule has 0 saturated heterocycles. The lowest BCUT2D eigenvalue weighted by molar-refractivity contribution is 0.00957. The van der Waals surface area contributed by atoms with Crippen molar-refractivity contribution in [3.8, 4) is 5.75 Å². The standard InChI is InChI=1S/C23H27NO2/c1-18(2)24-15-21(25-16-19-9-4-3-5-10-19)17-26-23-14-8-12-20-11-6-7-13-22(20)23/h3-14,18,21,24H,15-17H2,1-2H3. The van der Waals surface area contributed by atoms with Gasteiger partial charge in [0.05, 0.1) is 6.61 Å². The molecule has 0 saturated carbocycles. The molecule has 0 spiro atoms. The fourth-order valence-corrected chi connectivity index (χ4v) is 2.83. The zero-order chi connectivity index (χ0) is 18.2. The van der Waals surface area contributed by atoms with Gasteiger partial charge in [-0.2, -0.15) is 0 Å². The molecule has 0 aliphatic rings. The molecule has 0 bridgehead atoms. The second-order valence-corrected chi connectivity index (χ2v) is 6.77. The van der Waals surface area contributed by atoms with Crippen LogP contribution >= 0.6 is 0 Å². The summed E-state index contributed by atoms with van der Waals surface area (Å²) in [4.78, 5) is 0. The highest BCUT2D eigenvalue weighted by Crippen LogP contribution is 2.25. The molecule has 136 valence electrons. The van der Waals surface area contributed by atoms with Crippen LogP contribution in [0.3, 0.4) is 0 Å². The Morgan fingerprint density at radius 1 is 0.846 bits per heavy atom. The van der Waals surface area contributed by atoms with Crippen LogP contribution in [0, 0.1) is 0 Å². The van der Waals surface area contributed by atoms with Crippen LogP contribution in [-0.4, -0.2) is 25.3 Å². The number of ether oxygens (including phenoxy) is 2. The van der Waals surface area contributed by atoms with E-state index in [0.29, 0.717) is 19.3 Å². The Kier molecular flexibility index (Phi) is 6.64. The van der Waals surface area contributed by atoms with Crippen molar-refractivity contribution < 1.29 is 9.47 Å². The third-order valence-corrected chi connectivity index (χ3v) is 4.26. The minimum atomic E-state index is -0.0171. The summed E-state index contributed by atoms with van der Waals surface area (Å²) in [5, 5.41) is 5.77. The van der Waals surface area contributed by atoms with Crippen molar-refractivity contribution in [2.45, 2.75) is 32.6 Å². The molecule has 3 heteroatoms. The number of benzene rings is 3. The Bertz CT molecular complexity index is 796. The van der Waals surface area contributed by atoms with Gasteiger partial charge in [-0.1, -0.05) is 80.6 Å².